The third-order valence-electron chi connectivity index (χ3n) is 6.68. The van der Waals surface area contributed by atoms with Gasteiger partial charge >= 0.3 is 5.97 Å². The standard InChI is InChI=1S/C26H31N5O4/c27-15-18-14-20(17-28-16-18)26(9-10-26)25(34)31-22(24(32)33)8-13-35-12-2-1-5-21-7-6-19-4-3-11-29-23(19)30-21/h6-7,14,16-17,22H,1-5,8-13H2,(H,29,30)(H,31,34)(H,32,33). The van der Waals surface area contributed by atoms with E-state index in [-0.39, 0.29) is 18.9 Å². The lowest BCUT2D eigenvalue weighted by atomic mass is 9.95. The van der Waals surface area contributed by atoms with Gasteiger partial charge in [0.15, 0.2) is 0 Å². The first-order chi connectivity index (χ1) is 17.0. The predicted molar refractivity (Wildman–Crippen MR) is 129 cm³/mol. The van der Waals surface area contributed by atoms with Crippen LogP contribution in [-0.4, -0.2) is 52.8 Å². The van der Waals surface area contributed by atoms with E-state index in [4.69, 9.17) is 15.0 Å². The Morgan fingerprint density at radius 2 is 2.11 bits per heavy atom. The zero-order valence-corrected chi connectivity index (χ0v) is 19.8. The molecular formula is C26H31N5O4. The van der Waals surface area contributed by atoms with Crippen LogP contribution in [0.25, 0.3) is 0 Å². The molecule has 184 valence electrons. The first-order valence-electron chi connectivity index (χ1n) is 12.2. The number of nitrogens with one attached hydrogen (secondary N) is 2. The average Bonchev–Trinajstić information content (AvgIpc) is 3.69. The fraction of sp³-hybridized carbons (Fsp3) is 0.500. The molecule has 3 N–H and O–H groups in total. The van der Waals surface area contributed by atoms with Crippen LogP contribution in [0.2, 0.25) is 0 Å². The molecule has 1 fully saturated rings. The lowest BCUT2D eigenvalue weighted by molar-refractivity contribution is -0.142. The van der Waals surface area contributed by atoms with Crippen LogP contribution in [0.5, 0.6) is 0 Å². The Bertz CT molecular complexity index is 1110. The van der Waals surface area contributed by atoms with Crippen LogP contribution in [0.15, 0.2) is 30.6 Å². The highest BCUT2D eigenvalue weighted by Gasteiger charge is 2.52. The highest BCUT2D eigenvalue weighted by atomic mass is 16.5. The van der Waals surface area contributed by atoms with Gasteiger partial charge in [-0.15, -0.1) is 0 Å². The fourth-order valence-corrected chi connectivity index (χ4v) is 4.41. The largest absolute Gasteiger partial charge is 0.480 e. The number of carboxylic acid groups (broad SMARTS) is 1. The Balaban J connectivity index is 1.17. The molecule has 3 heterocycles. The van der Waals surface area contributed by atoms with Crippen molar-refractivity contribution in [3.63, 3.8) is 0 Å². The van der Waals surface area contributed by atoms with Gasteiger partial charge < -0.3 is 20.5 Å². The number of aromatic nitrogens is 2. The van der Waals surface area contributed by atoms with Crippen molar-refractivity contribution in [1.29, 1.82) is 5.26 Å². The zero-order chi connectivity index (χ0) is 24.7. The lowest BCUT2D eigenvalue weighted by Crippen LogP contribution is -2.46. The van der Waals surface area contributed by atoms with Crippen molar-refractivity contribution in [3.8, 4) is 6.07 Å². The molecule has 1 aliphatic carbocycles. The van der Waals surface area contributed by atoms with E-state index in [2.05, 4.69) is 27.8 Å². The number of aliphatic carboxylic acids is 1. The molecule has 0 spiro atoms. The van der Waals surface area contributed by atoms with Crippen LogP contribution >= 0.6 is 0 Å². The van der Waals surface area contributed by atoms with Crippen molar-refractivity contribution >= 4 is 17.7 Å². The van der Waals surface area contributed by atoms with Crippen LogP contribution in [0.1, 0.15) is 60.9 Å². The van der Waals surface area contributed by atoms with E-state index in [1.54, 1.807) is 12.3 Å². The number of hydrogen-bond acceptors (Lipinski definition) is 7. The van der Waals surface area contributed by atoms with Gasteiger partial charge in [-0.1, -0.05) is 6.07 Å². The molecule has 0 radical (unpaired) electrons. The Labute approximate surface area is 204 Å². The maximum Gasteiger partial charge on any atom is 0.326 e. The van der Waals surface area contributed by atoms with E-state index in [9.17, 15) is 14.7 Å². The quantitative estimate of drug-likeness (QED) is 0.397. The highest BCUT2D eigenvalue weighted by Crippen LogP contribution is 2.48. The molecule has 1 atom stereocenters. The predicted octanol–water partition coefficient (Wildman–Crippen LogP) is 2.74. The molecule has 35 heavy (non-hydrogen) atoms. The van der Waals surface area contributed by atoms with Gasteiger partial charge in [0.05, 0.1) is 11.0 Å². The second-order valence-corrected chi connectivity index (χ2v) is 9.22. The Kier molecular flexibility index (Phi) is 7.93. The number of carboxylic acids is 1. The van der Waals surface area contributed by atoms with Crippen LogP contribution in [0, 0.1) is 11.3 Å². The number of unbranched alkanes of at least 4 members (excludes halogenated alkanes) is 1. The minimum atomic E-state index is -1.09. The fourth-order valence-electron chi connectivity index (χ4n) is 4.41. The first-order valence-corrected chi connectivity index (χ1v) is 12.2. The van der Waals surface area contributed by atoms with Gasteiger partial charge in [0.25, 0.3) is 0 Å². The molecule has 1 aliphatic heterocycles. The highest BCUT2D eigenvalue weighted by molar-refractivity contribution is 5.94. The Hall–Kier alpha value is -3.51. The van der Waals surface area contributed by atoms with Crippen LogP contribution in [0.4, 0.5) is 5.82 Å². The molecule has 0 aromatic carbocycles. The van der Waals surface area contributed by atoms with Gasteiger partial charge in [-0.3, -0.25) is 9.78 Å². The maximum atomic E-state index is 12.9. The maximum absolute atomic E-state index is 12.9. The monoisotopic (exact) mass is 477 g/mol. The molecule has 9 nitrogen and oxygen atoms in total. The topological polar surface area (TPSA) is 137 Å². The van der Waals surface area contributed by atoms with Gasteiger partial charge in [-0.2, -0.15) is 5.26 Å². The van der Waals surface area contributed by atoms with Crippen molar-refractivity contribution in [2.24, 2.45) is 0 Å². The van der Waals surface area contributed by atoms with E-state index in [0.29, 0.717) is 30.6 Å². The summed E-state index contributed by atoms with van der Waals surface area (Å²) in [5, 5.41) is 24.7. The minimum absolute atomic E-state index is 0.186. The van der Waals surface area contributed by atoms with Gasteiger partial charge in [0.1, 0.15) is 17.9 Å². The van der Waals surface area contributed by atoms with E-state index >= 15 is 0 Å². The van der Waals surface area contributed by atoms with Crippen molar-refractivity contribution in [1.82, 2.24) is 15.3 Å². The second kappa shape index (κ2) is 11.3. The molecular weight excluding hydrogens is 446 g/mol. The van der Waals surface area contributed by atoms with E-state index in [0.717, 1.165) is 50.2 Å². The SMILES string of the molecule is N#Cc1cncc(C2(C(=O)NC(CCOCCCCc3ccc4c(n3)NCCC4)C(=O)O)CC2)c1. The molecule has 2 aromatic rings. The Morgan fingerprint density at radius 3 is 2.89 bits per heavy atom. The molecule has 2 aliphatic rings. The van der Waals surface area contributed by atoms with E-state index in [1.165, 1.54) is 11.8 Å². The number of rotatable bonds is 12. The number of nitrogens with zero attached hydrogens (tertiary/aromatic N) is 3. The summed E-state index contributed by atoms with van der Waals surface area (Å²) in [4.78, 5) is 33.3. The van der Waals surface area contributed by atoms with Crippen molar-refractivity contribution in [2.45, 2.75) is 62.8 Å². The number of pyridine rings is 2. The van der Waals surface area contributed by atoms with E-state index < -0.39 is 17.4 Å². The number of fused-ring (bicyclic) bond motifs is 1. The summed E-state index contributed by atoms with van der Waals surface area (Å²) in [6, 6.07) is 6.89. The Morgan fingerprint density at radius 1 is 1.26 bits per heavy atom. The summed E-state index contributed by atoms with van der Waals surface area (Å²) in [5.41, 5.74) is 2.58. The molecule has 1 saturated carbocycles. The number of ether oxygens (including phenoxy) is 1. The average molecular weight is 478 g/mol. The minimum Gasteiger partial charge on any atom is -0.480 e. The summed E-state index contributed by atoms with van der Waals surface area (Å²) >= 11 is 0. The molecule has 0 bridgehead atoms. The van der Waals surface area contributed by atoms with Crippen molar-refractivity contribution in [3.05, 3.63) is 53.0 Å². The number of carbonyl (C=O) groups is 2. The third kappa shape index (κ3) is 6.14. The normalized spacial score (nSPS) is 16.3. The van der Waals surface area contributed by atoms with Crippen LogP contribution in [-0.2, 0) is 32.6 Å². The van der Waals surface area contributed by atoms with Gasteiger partial charge in [0, 0.05) is 44.3 Å². The molecule has 1 unspecified atom stereocenters. The molecule has 4 rings (SSSR count). The smallest absolute Gasteiger partial charge is 0.326 e. The van der Waals surface area contributed by atoms with Gasteiger partial charge in [-0.05, 0) is 68.2 Å². The number of aryl methyl sites for hydroxylation is 2. The number of nitriles is 1. The third-order valence-corrected chi connectivity index (χ3v) is 6.68. The molecule has 1 amide bonds. The molecule has 0 saturated heterocycles. The van der Waals surface area contributed by atoms with Crippen molar-refractivity contribution in [2.75, 3.05) is 25.1 Å². The summed E-state index contributed by atoms with van der Waals surface area (Å²) < 4.78 is 5.65. The van der Waals surface area contributed by atoms with Gasteiger partial charge in [0.2, 0.25) is 5.91 Å². The zero-order valence-electron chi connectivity index (χ0n) is 19.8. The summed E-state index contributed by atoms with van der Waals surface area (Å²) in [7, 11) is 0. The van der Waals surface area contributed by atoms with Gasteiger partial charge in [-0.25, -0.2) is 9.78 Å². The number of amides is 1. The summed E-state index contributed by atoms with van der Waals surface area (Å²) in [5.74, 6) is -0.420. The van der Waals surface area contributed by atoms with E-state index in [1.807, 2.05) is 6.07 Å². The number of anilines is 1. The molecule has 9 heteroatoms. The number of hydrogen-bond donors (Lipinski definition) is 3. The lowest BCUT2D eigenvalue weighted by Gasteiger charge is -2.20. The van der Waals surface area contributed by atoms with Crippen LogP contribution < -0.4 is 10.6 Å². The number of carbonyl (C=O) groups excluding carboxylic acids is 1. The summed E-state index contributed by atoms with van der Waals surface area (Å²) in [6.07, 6.45) is 9.28. The first kappa shape index (κ1) is 24.6. The second-order valence-electron chi connectivity index (χ2n) is 9.22. The summed E-state index contributed by atoms with van der Waals surface area (Å²) in [6.45, 7) is 1.75. The van der Waals surface area contributed by atoms with Crippen LogP contribution in [0.3, 0.4) is 0 Å². The van der Waals surface area contributed by atoms with Crippen molar-refractivity contribution < 1.29 is 19.4 Å². The molecule has 2 aromatic heterocycles.